The number of carbonyl (C=O) groups is 1. The van der Waals surface area contributed by atoms with Crippen molar-refractivity contribution in [1.82, 2.24) is 0 Å². The first-order chi connectivity index (χ1) is 10.2. The molecule has 4 atom stereocenters. The van der Waals surface area contributed by atoms with E-state index in [9.17, 15) is 9.90 Å². The van der Waals surface area contributed by atoms with Crippen LogP contribution < -0.4 is 0 Å². The highest BCUT2D eigenvalue weighted by Gasteiger charge is 2.58. The first kappa shape index (κ1) is 15.1. The minimum atomic E-state index is -0.543. The Labute approximate surface area is 129 Å². The van der Waals surface area contributed by atoms with E-state index in [4.69, 9.17) is 0 Å². The quantitative estimate of drug-likeness (QED) is 0.675. The highest BCUT2D eigenvalue weighted by Crippen LogP contribution is 2.58. The highest BCUT2D eigenvalue weighted by atomic mass is 16.4. The van der Waals surface area contributed by atoms with Gasteiger partial charge in [-0.3, -0.25) is 4.79 Å². The molecule has 3 aliphatic carbocycles. The molecule has 3 rings (SSSR count). The normalized spacial score (nSPS) is 42.4. The van der Waals surface area contributed by atoms with Gasteiger partial charge in [0, 0.05) is 0 Å². The molecule has 0 amide bonds. The predicted molar refractivity (Wildman–Crippen MR) is 85.1 cm³/mol. The SMILES string of the molecule is O=C(O)C12CCC3CCCC3CCCCCC/C=C\C1C2. The predicted octanol–water partition coefficient (Wildman–Crippen LogP) is 5.18. The molecule has 2 fully saturated rings. The van der Waals surface area contributed by atoms with Crippen molar-refractivity contribution in [1.29, 1.82) is 0 Å². The molecule has 0 radical (unpaired) electrons. The van der Waals surface area contributed by atoms with E-state index in [1.54, 1.807) is 0 Å². The molecule has 21 heavy (non-hydrogen) atoms. The fourth-order valence-electron chi connectivity index (χ4n) is 4.83. The number of carboxylic acids is 1. The third-order valence-corrected chi connectivity index (χ3v) is 6.40. The summed E-state index contributed by atoms with van der Waals surface area (Å²) in [6.45, 7) is 0. The summed E-state index contributed by atoms with van der Waals surface area (Å²) in [5, 5.41) is 9.65. The molecule has 0 aromatic rings. The van der Waals surface area contributed by atoms with Crippen LogP contribution in [0.1, 0.15) is 77.0 Å². The maximum Gasteiger partial charge on any atom is 0.310 e. The molecule has 4 unspecified atom stereocenters. The number of aliphatic carboxylic acids is 1. The number of hydrogen-bond acceptors (Lipinski definition) is 1. The minimum absolute atomic E-state index is 0.317. The van der Waals surface area contributed by atoms with Crippen LogP contribution >= 0.6 is 0 Å². The molecule has 3 aliphatic rings. The monoisotopic (exact) mass is 290 g/mol. The average Bonchev–Trinajstić information content (AvgIpc) is 3.00. The molecule has 0 aromatic carbocycles. The Bertz CT molecular complexity index is 400. The van der Waals surface area contributed by atoms with Crippen LogP contribution in [0.25, 0.3) is 0 Å². The van der Waals surface area contributed by atoms with Crippen molar-refractivity contribution < 1.29 is 9.90 Å². The lowest BCUT2D eigenvalue weighted by atomic mass is 9.83. The van der Waals surface area contributed by atoms with Gasteiger partial charge in [0.2, 0.25) is 0 Å². The zero-order valence-corrected chi connectivity index (χ0v) is 13.2. The summed E-state index contributed by atoms with van der Waals surface area (Å²) in [7, 11) is 0. The summed E-state index contributed by atoms with van der Waals surface area (Å²) in [4.78, 5) is 11.7. The van der Waals surface area contributed by atoms with Crippen molar-refractivity contribution in [3.63, 3.8) is 0 Å². The molecule has 0 aromatic heterocycles. The third kappa shape index (κ3) is 3.35. The van der Waals surface area contributed by atoms with Gasteiger partial charge in [0.25, 0.3) is 0 Å². The van der Waals surface area contributed by atoms with Crippen LogP contribution in [-0.2, 0) is 4.79 Å². The Morgan fingerprint density at radius 1 is 0.952 bits per heavy atom. The van der Waals surface area contributed by atoms with E-state index in [2.05, 4.69) is 12.2 Å². The molecule has 2 nitrogen and oxygen atoms in total. The fraction of sp³-hybridized carbons (Fsp3) is 0.842. The summed E-state index contributed by atoms with van der Waals surface area (Å²) in [6.07, 6.45) is 19.5. The Morgan fingerprint density at radius 3 is 2.48 bits per heavy atom. The van der Waals surface area contributed by atoms with Crippen LogP contribution in [0.2, 0.25) is 0 Å². The van der Waals surface area contributed by atoms with Crippen molar-refractivity contribution >= 4 is 5.97 Å². The highest BCUT2D eigenvalue weighted by molar-refractivity contribution is 5.79. The summed E-state index contributed by atoms with van der Waals surface area (Å²) >= 11 is 0. The zero-order chi connectivity index (χ0) is 14.7. The Kier molecular flexibility index (Phi) is 4.71. The van der Waals surface area contributed by atoms with Crippen molar-refractivity contribution in [2.24, 2.45) is 23.2 Å². The molecule has 0 spiro atoms. The van der Waals surface area contributed by atoms with Crippen LogP contribution in [-0.4, -0.2) is 11.1 Å². The molecule has 2 heteroatoms. The number of hydrogen-bond donors (Lipinski definition) is 1. The first-order valence-electron chi connectivity index (χ1n) is 9.12. The molecule has 0 heterocycles. The van der Waals surface area contributed by atoms with Crippen LogP contribution in [0, 0.1) is 23.2 Å². The topological polar surface area (TPSA) is 37.3 Å². The Morgan fingerprint density at radius 2 is 1.67 bits per heavy atom. The lowest BCUT2D eigenvalue weighted by Crippen LogP contribution is -2.20. The van der Waals surface area contributed by atoms with E-state index in [1.807, 2.05) is 0 Å². The van der Waals surface area contributed by atoms with E-state index in [0.717, 1.165) is 37.5 Å². The van der Waals surface area contributed by atoms with Gasteiger partial charge in [-0.05, 0) is 49.9 Å². The second-order valence-electron chi connectivity index (χ2n) is 7.68. The van der Waals surface area contributed by atoms with Gasteiger partial charge in [0.15, 0.2) is 0 Å². The van der Waals surface area contributed by atoms with Crippen molar-refractivity contribution in [3.05, 3.63) is 12.2 Å². The molecule has 2 saturated carbocycles. The van der Waals surface area contributed by atoms with E-state index in [1.165, 1.54) is 51.4 Å². The average molecular weight is 290 g/mol. The smallest absolute Gasteiger partial charge is 0.310 e. The Balaban J connectivity index is 1.66. The van der Waals surface area contributed by atoms with Crippen molar-refractivity contribution in [2.75, 3.05) is 0 Å². The molecular weight excluding hydrogens is 260 g/mol. The van der Waals surface area contributed by atoms with E-state index in [0.29, 0.717) is 5.92 Å². The number of allylic oxidation sites excluding steroid dienone is 2. The van der Waals surface area contributed by atoms with Gasteiger partial charge >= 0.3 is 5.97 Å². The largest absolute Gasteiger partial charge is 0.481 e. The van der Waals surface area contributed by atoms with E-state index < -0.39 is 11.4 Å². The minimum Gasteiger partial charge on any atom is -0.481 e. The third-order valence-electron chi connectivity index (χ3n) is 6.40. The maximum absolute atomic E-state index is 11.7. The van der Waals surface area contributed by atoms with Crippen molar-refractivity contribution in [2.45, 2.75) is 77.0 Å². The van der Waals surface area contributed by atoms with Gasteiger partial charge in [-0.15, -0.1) is 0 Å². The van der Waals surface area contributed by atoms with Crippen LogP contribution in [0.3, 0.4) is 0 Å². The number of rotatable bonds is 1. The fourth-order valence-corrected chi connectivity index (χ4v) is 4.83. The first-order valence-corrected chi connectivity index (χ1v) is 9.12. The number of fused-ring (bicyclic) bond motifs is 2. The summed E-state index contributed by atoms with van der Waals surface area (Å²) < 4.78 is 0. The van der Waals surface area contributed by atoms with Gasteiger partial charge in [0.05, 0.1) is 5.41 Å². The van der Waals surface area contributed by atoms with Gasteiger partial charge in [-0.25, -0.2) is 0 Å². The summed E-state index contributed by atoms with van der Waals surface area (Å²) in [5.41, 5.74) is -0.395. The van der Waals surface area contributed by atoms with Gasteiger partial charge in [-0.1, -0.05) is 57.1 Å². The second-order valence-corrected chi connectivity index (χ2v) is 7.68. The van der Waals surface area contributed by atoms with Crippen LogP contribution in [0.15, 0.2) is 12.2 Å². The molecule has 118 valence electrons. The van der Waals surface area contributed by atoms with E-state index >= 15 is 0 Å². The standard InChI is InChI=1S/C19H30O2/c20-18(21)19-13-12-16-10-7-9-15(16)8-5-3-1-2-4-6-11-17(19)14-19/h6,11,15-17H,1-5,7-10,12-14H2,(H,20,21)/b11-6-. The summed E-state index contributed by atoms with van der Waals surface area (Å²) in [5.74, 6) is 1.48. The molecular formula is C19H30O2. The molecule has 0 bridgehead atoms. The van der Waals surface area contributed by atoms with Gasteiger partial charge in [0.1, 0.15) is 0 Å². The zero-order valence-electron chi connectivity index (χ0n) is 13.2. The van der Waals surface area contributed by atoms with Crippen LogP contribution in [0.5, 0.6) is 0 Å². The second kappa shape index (κ2) is 6.54. The Hall–Kier alpha value is -0.790. The molecule has 0 saturated heterocycles. The van der Waals surface area contributed by atoms with Crippen molar-refractivity contribution in [3.8, 4) is 0 Å². The molecule has 1 N–H and O–H groups in total. The van der Waals surface area contributed by atoms with E-state index in [-0.39, 0.29) is 0 Å². The maximum atomic E-state index is 11.7. The van der Waals surface area contributed by atoms with Crippen LogP contribution in [0.4, 0.5) is 0 Å². The summed E-state index contributed by atoms with van der Waals surface area (Å²) in [6, 6.07) is 0. The lowest BCUT2D eigenvalue weighted by Gasteiger charge is -2.22. The molecule has 0 aliphatic heterocycles. The lowest BCUT2D eigenvalue weighted by molar-refractivity contribution is -0.144. The number of carboxylic acid groups (broad SMARTS) is 1. The van der Waals surface area contributed by atoms with Gasteiger partial charge in [-0.2, -0.15) is 0 Å². The van der Waals surface area contributed by atoms with Gasteiger partial charge < -0.3 is 5.11 Å².